The largest absolute Gasteiger partial charge is 0.383 e. The van der Waals surface area contributed by atoms with Crippen molar-refractivity contribution >= 4 is 12.0 Å². The molecule has 0 saturated carbocycles. The van der Waals surface area contributed by atoms with Gasteiger partial charge in [-0.1, -0.05) is 6.07 Å². The second-order valence-electron chi connectivity index (χ2n) is 5.20. The van der Waals surface area contributed by atoms with Crippen molar-refractivity contribution in [3.8, 4) is 0 Å². The molecule has 0 radical (unpaired) electrons. The lowest BCUT2D eigenvalue weighted by Gasteiger charge is -2.05. The molecule has 1 amide bonds. The Hall–Kier alpha value is -2.47. The lowest BCUT2D eigenvalue weighted by molar-refractivity contribution is -0.116. The van der Waals surface area contributed by atoms with Crippen LogP contribution in [0.5, 0.6) is 0 Å². The van der Waals surface area contributed by atoms with Gasteiger partial charge in [0.1, 0.15) is 0 Å². The molecule has 0 aliphatic rings. The smallest absolute Gasteiger partial charge is 0.244 e. The van der Waals surface area contributed by atoms with E-state index in [1.165, 1.54) is 6.08 Å². The summed E-state index contributed by atoms with van der Waals surface area (Å²) in [6.07, 6.45) is 6.66. The number of aryl methyl sites for hydroxylation is 1. The maximum absolute atomic E-state index is 11.9. The topological polar surface area (TPSA) is 69.0 Å². The molecule has 6 nitrogen and oxygen atoms in total. The van der Waals surface area contributed by atoms with Crippen LogP contribution >= 0.6 is 0 Å². The van der Waals surface area contributed by atoms with Crippen molar-refractivity contribution < 1.29 is 9.53 Å². The summed E-state index contributed by atoms with van der Waals surface area (Å²) < 4.78 is 6.99. The van der Waals surface area contributed by atoms with E-state index in [1.54, 1.807) is 25.6 Å². The van der Waals surface area contributed by atoms with Crippen molar-refractivity contribution in [2.24, 2.45) is 0 Å². The summed E-state index contributed by atoms with van der Waals surface area (Å²) in [4.78, 5) is 15.9. The molecular weight excluding hydrogens is 292 g/mol. The highest BCUT2D eigenvalue weighted by Crippen LogP contribution is 2.12. The van der Waals surface area contributed by atoms with E-state index in [0.29, 0.717) is 19.7 Å². The second kappa shape index (κ2) is 8.24. The van der Waals surface area contributed by atoms with Crippen LogP contribution in [0.4, 0.5) is 0 Å². The number of carbonyl (C=O) groups is 1. The maximum atomic E-state index is 11.9. The molecule has 0 fully saturated rings. The van der Waals surface area contributed by atoms with Crippen molar-refractivity contribution in [1.82, 2.24) is 20.1 Å². The quantitative estimate of drug-likeness (QED) is 0.792. The predicted octanol–water partition coefficient (Wildman–Crippen LogP) is 1.87. The first kappa shape index (κ1) is 16.9. The fourth-order valence-electron chi connectivity index (χ4n) is 2.27. The van der Waals surface area contributed by atoms with Crippen molar-refractivity contribution in [3.63, 3.8) is 0 Å². The van der Waals surface area contributed by atoms with E-state index in [-0.39, 0.29) is 5.91 Å². The third-order valence-electron chi connectivity index (χ3n) is 3.59. The molecule has 2 heterocycles. The number of aromatic nitrogens is 3. The SMILES string of the molecule is COCCn1nc(C)c(CNC(=O)C=Cc2cccnc2)c1C. The Bertz CT molecular complexity index is 677. The van der Waals surface area contributed by atoms with Crippen molar-refractivity contribution in [1.29, 1.82) is 0 Å². The summed E-state index contributed by atoms with van der Waals surface area (Å²) in [7, 11) is 1.67. The van der Waals surface area contributed by atoms with Crippen LogP contribution < -0.4 is 5.32 Å². The van der Waals surface area contributed by atoms with Gasteiger partial charge in [0.25, 0.3) is 0 Å². The molecule has 0 bridgehead atoms. The Labute approximate surface area is 136 Å². The van der Waals surface area contributed by atoms with Crippen molar-refractivity contribution in [2.75, 3.05) is 13.7 Å². The Balaban J connectivity index is 1.94. The van der Waals surface area contributed by atoms with Gasteiger partial charge in [0.2, 0.25) is 5.91 Å². The molecule has 2 rings (SSSR count). The first-order valence-corrected chi connectivity index (χ1v) is 7.49. The van der Waals surface area contributed by atoms with Gasteiger partial charge < -0.3 is 10.1 Å². The Morgan fingerprint density at radius 2 is 2.26 bits per heavy atom. The average molecular weight is 314 g/mol. The monoisotopic (exact) mass is 314 g/mol. The minimum atomic E-state index is -0.141. The Kier molecular flexibility index (Phi) is 6.05. The third kappa shape index (κ3) is 4.75. The molecule has 0 saturated heterocycles. The lowest BCUT2D eigenvalue weighted by atomic mass is 10.2. The van der Waals surface area contributed by atoms with E-state index < -0.39 is 0 Å². The number of amides is 1. The van der Waals surface area contributed by atoms with Crippen LogP contribution in [0.15, 0.2) is 30.6 Å². The van der Waals surface area contributed by atoms with Gasteiger partial charge >= 0.3 is 0 Å². The van der Waals surface area contributed by atoms with Crippen molar-refractivity contribution in [3.05, 3.63) is 53.1 Å². The second-order valence-corrected chi connectivity index (χ2v) is 5.20. The number of nitrogens with one attached hydrogen (secondary N) is 1. The summed E-state index contributed by atoms with van der Waals surface area (Å²) in [6, 6.07) is 3.73. The standard InChI is InChI=1S/C17H22N4O2/c1-13-16(14(2)21(20-13)9-10-23-3)12-19-17(22)7-6-15-5-4-8-18-11-15/h4-8,11H,9-10,12H2,1-3H3,(H,19,22). The van der Waals surface area contributed by atoms with Crippen molar-refractivity contribution in [2.45, 2.75) is 26.9 Å². The van der Waals surface area contributed by atoms with Crippen LogP contribution in [0, 0.1) is 13.8 Å². The molecule has 122 valence electrons. The molecule has 23 heavy (non-hydrogen) atoms. The zero-order chi connectivity index (χ0) is 16.7. The molecule has 0 aliphatic carbocycles. The Morgan fingerprint density at radius 3 is 2.96 bits per heavy atom. The van der Waals surface area contributed by atoms with Crippen LogP contribution in [0.25, 0.3) is 6.08 Å². The molecule has 1 N–H and O–H groups in total. The fourth-order valence-corrected chi connectivity index (χ4v) is 2.27. The first-order chi connectivity index (χ1) is 11.1. The van der Waals surface area contributed by atoms with E-state index in [9.17, 15) is 4.79 Å². The molecule has 0 aromatic carbocycles. The van der Waals surface area contributed by atoms with Crippen LogP contribution in [0.3, 0.4) is 0 Å². The van der Waals surface area contributed by atoms with Gasteiger partial charge in [0.15, 0.2) is 0 Å². The molecule has 2 aromatic rings. The van der Waals surface area contributed by atoms with Crippen LogP contribution in [-0.2, 0) is 22.6 Å². The molecule has 0 aliphatic heterocycles. The van der Waals surface area contributed by atoms with Gasteiger partial charge in [-0.05, 0) is 31.6 Å². The average Bonchev–Trinajstić information content (AvgIpc) is 2.83. The molecule has 0 atom stereocenters. The maximum Gasteiger partial charge on any atom is 0.244 e. The highest BCUT2D eigenvalue weighted by atomic mass is 16.5. The van der Waals surface area contributed by atoms with Gasteiger partial charge in [0.05, 0.1) is 18.8 Å². The number of pyridine rings is 1. The lowest BCUT2D eigenvalue weighted by Crippen LogP contribution is -2.21. The van der Waals surface area contributed by atoms with E-state index in [0.717, 1.165) is 22.5 Å². The highest BCUT2D eigenvalue weighted by Gasteiger charge is 2.11. The fraction of sp³-hybridized carbons (Fsp3) is 0.353. The summed E-state index contributed by atoms with van der Waals surface area (Å²) in [6.45, 7) is 5.73. The van der Waals surface area contributed by atoms with Gasteiger partial charge in [-0.2, -0.15) is 5.10 Å². The normalized spacial score (nSPS) is 11.1. The third-order valence-corrected chi connectivity index (χ3v) is 3.59. The molecule has 0 spiro atoms. The number of nitrogens with zero attached hydrogens (tertiary/aromatic N) is 3. The van der Waals surface area contributed by atoms with Gasteiger partial charge in [-0.3, -0.25) is 14.5 Å². The summed E-state index contributed by atoms with van der Waals surface area (Å²) >= 11 is 0. The van der Waals surface area contributed by atoms with E-state index in [4.69, 9.17) is 4.74 Å². The zero-order valence-electron chi connectivity index (χ0n) is 13.7. The Morgan fingerprint density at radius 1 is 1.43 bits per heavy atom. The minimum Gasteiger partial charge on any atom is -0.383 e. The van der Waals surface area contributed by atoms with Gasteiger partial charge in [-0.15, -0.1) is 0 Å². The molecular formula is C17H22N4O2. The number of methoxy groups -OCH3 is 1. The predicted molar refractivity (Wildman–Crippen MR) is 88.7 cm³/mol. The van der Waals surface area contributed by atoms with Gasteiger partial charge in [-0.25, -0.2) is 0 Å². The van der Waals surface area contributed by atoms with E-state index in [1.807, 2.05) is 30.7 Å². The number of carbonyl (C=O) groups excluding carboxylic acids is 1. The molecule has 2 aromatic heterocycles. The highest BCUT2D eigenvalue weighted by molar-refractivity contribution is 5.91. The van der Waals surface area contributed by atoms with Crippen LogP contribution in [0.1, 0.15) is 22.5 Å². The van der Waals surface area contributed by atoms with Crippen LogP contribution in [0.2, 0.25) is 0 Å². The zero-order valence-corrected chi connectivity index (χ0v) is 13.7. The number of hydrogen-bond donors (Lipinski definition) is 1. The van der Waals surface area contributed by atoms with E-state index in [2.05, 4.69) is 15.4 Å². The van der Waals surface area contributed by atoms with Gasteiger partial charge in [0, 0.05) is 43.4 Å². The molecule has 0 unspecified atom stereocenters. The number of ether oxygens (including phenoxy) is 1. The number of hydrogen-bond acceptors (Lipinski definition) is 4. The number of rotatable bonds is 7. The minimum absolute atomic E-state index is 0.141. The summed E-state index contributed by atoms with van der Waals surface area (Å²) in [5.74, 6) is -0.141. The van der Waals surface area contributed by atoms with Crippen LogP contribution in [-0.4, -0.2) is 34.4 Å². The molecule has 6 heteroatoms. The van der Waals surface area contributed by atoms with E-state index >= 15 is 0 Å². The summed E-state index contributed by atoms with van der Waals surface area (Å²) in [5, 5.41) is 7.37. The summed E-state index contributed by atoms with van der Waals surface area (Å²) in [5.41, 5.74) is 3.91. The first-order valence-electron chi connectivity index (χ1n) is 7.49.